The fourth-order valence-electron chi connectivity index (χ4n) is 1.52. The lowest BCUT2D eigenvalue weighted by Crippen LogP contribution is -2.02. The Morgan fingerprint density at radius 2 is 2.19 bits per heavy atom. The first-order chi connectivity index (χ1) is 7.66. The van der Waals surface area contributed by atoms with Crippen LogP contribution in [0.5, 0.6) is 0 Å². The van der Waals surface area contributed by atoms with Crippen molar-refractivity contribution in [2.24, 2.45) is 0 Å². The first-order valence-corrected chi connectivity index (χ1v) is 6.26. The second-order valence-electron chi connectivity index (χ2n) is 3.62. The van der Waals surface area contributed by atoms with Gasteiger partial charge >= 0.3 is 0 Å². The normalized spacial score (nSPS) is 12.7. The Morgan fingerprint density at radius 3 is 2.81 bits per heavy atom. The van der Waals surface area contributed by atoms with Crippen LogP contribution in [0.4, 0.5) is 0 Å². The molecule has 0 fully saturated rings. The van der Waals surface area contributed by atoms with Crippen LogP contribution in [0.25, 0.3) is 0 Å². The Morgan fingerprint density at radius 1 is 1.44 bits per heavy atom. The number of hydrogen-bond donors (Lipinski definition) is 1. The maximum atomic E-state index is 10.0. The van der Waals surface area contributed by atoms with Gasteiger partial charge in [0.05, 0.1) is 11.1 Å². The number of benzene rings is 1. The standard InChI is InChI=1S/C12H12ClNOS/c1-8-7-16-12(14-8)6-11(15)9-4-2-3-5-10(9)13/h2-5,7,11,15H,6H2,1H3. The van der Waals surface area contributed by atoms with Crippen LogP contribution in [-0.4, -0.2) is 10.1 Å². The molecule has 84 valence electrons. The number of hydrogen-bond acceptors (Lipinski definition) is 3. The predicted molar refractivity (Wildman–Crippen MR) is 67.0 cm³/mol. The smallest absolute Gasteiger partial charge is 0.0957 e. The molecule has 4 heteroatoms. The van der Waals surface area contributed by atoms with Crippen molar-refractivity contribution in [3.05, 3.63) is 50.9 Å². The minimum atomic E-state index is -0.584. The number of nitrogens with zero attached hydrogens (tertiary/aromatic N) is 1. The van der Waals surface area contributed by atoms with E-state index in [-0.39, 0.29) is 0 Å². The zero-order valence-corrected chi connectivity index (χ0v) is 10.4. The van der Waals surface area contributed by atoms with Crippen LogP contribution >= 0.6 is 22.9 Å². The zero-order valence-electron chi connectivity index (χ0n) is 8.85. The van der Waals surface area contributed by atoms with Gasteiger partial charge < -0.3 is 5.11 Å². The van der Waals surface area contributed by atoms with Gasteiger partial charge in [-0.25, -0.2) is 4.98 Å². The third-order valence-corrected chi connectivity index (χ3v) is 3.63. The first kappa shape index (κ1) is 11.6. The lowest BCUT2D eigenvalue weighted by Gasteiger charge is -2.10. The number of halogens is 1. The molecule has 1 aromatic heterocycles. The molecule has 0 saturated heterocycles. The van der Waals surface area contributed by atoms with Crippen molar-refractivity contribution in [3.8, 4) is 0 Å². The molecular formula is C12H12ClNOS. The van der Waals surface area contributed by atoms with Gasteiger partial charge in [-0.1, -0.05) is 29.8 Å². The molecule has 0 bridgehead atoms. The fraction of sp³-hybridized carbons (Fsp3) is 0.250. The van der Waals surface area contributed by atoms with Crippen LogP contribution in [0.15, 0.2) is 29.6 Å². The maximum absolute atomic E-state index is 10.0. The summed E-state index contributed by atoms with van der Waals surface area (Å²) in [6.45, 7) is 1.95. The predicted octanol–water partition coefficient (Wildman–Crippen LogP) is 3.38. The summed E-state index contributed by atoms with van der Waals surface area (Å²) in [5.41, 5.74) is 1.75. The summed E-state index contributed by atoms with van der Waals surface area (Å²) in [5.74, 6) is 0. The molecule has 1 N–H and O–H groups in total. The summed E-state index contributed by atoms with van der Waals surface area (Å²) < 4.78 is 0. The summed E-state index contributed by atoms with van der Waals surface area (Å²) in [4.78, 5) is 4.32. The van der Waals surface area contributed by atoms with Crippen molar-refractivity contribution in [2.45, 2.75) is 19.4 Å². The molecule has 0 saturated carbocycles. The van der Waals surface area contributed by atoms with Gasteiger partial charge in [0, 0.05) is 22.5 Å². The lowest BCUT2D eigenvalue weighted by molar-refractivity contribution is 0.178. The largest absolute Gasteiger partial charge is 0.388 e. The molecule has 2 rings (SSSR count). The highest BCUT2D eigenvalue weighted by Crippen LogP contribution is 2.26. The average molecular weight is 254 g/mol. The summed E-state index contributed by atoms with van der Waals surface area (Å²) in [7, 11) is 0. The Hall–Kier alpha value is -0.900. The average Bonchev–Trinajstić information content (AvgIpc) is 2.64. The van der Waals surface area contributed by atoms with E-state index in [1.165, 1.54) is 0 Å². The molecular weight excluding hydrogens is 242 g/mol. The van der Waals surface area contributed by atoms with Crippen LogP contribution < -0.4 is 0 Å². The topological polar surface area (TPSA) is 33.1 Å². The minimum Gasteiger partial charge on any atom is -0.388 e. The van der Waals surface area contributed by atoms with Gasteiger partial charge in [0.25, 0.3) is 0 Å². The number of thiazole rings is 1. The van der Waals surface area contributed by atoms with Crippen molar-refractivity contribution in [2.75, 3.05) is 0 Å². The molecule has 0 radical (unpaired) electrons. The highest BCUT2D eigenvalue weighted by Gasteiger charge is 2.13. The molecule has 2 aromatic rings. The Bertz CT molecular complexity index is 483. The fourth-order valence-corrected chi connectivity index (χ4v) is 2.59. The summed E-state index contributed by atoms with van der Waals surface area (Å²) in [6, 6.07) is 7.35. The minimum absolute atomic E-state index is 0.516. The zero-order chi connectivity index (χ0) is 11.5. The highest BCUT2D eigenvalue weighted by atomic mass is 35.5. The van der Waals surface area contributed by atoms with E-state index < -0.39 is 6.10 Å². The Balaban J connectivity index is 2.14. The van der Waals surface area contributed by atoms with Gasteiger partial charge in [-0.15, -0.1) is 11.3 Å². The van der Waals surface area contributed by atoms with Gasteiger partial charge in [-0.3, -0.25) is 0 Å². The third kappa shape index (κ3) is 2.61. The molecule has 0 aliphatic heterocycles. The van der Waals surface area contributed by atoms with Crippen LogP contribution in [0.3, 0.4) is 0 Å². The van der Waals surface area contributed by atoms with Gasteiger partial charge in [0.1, 0.15) is 0 Å². The second kappa shape index (κ2) is 4.95. The van der Waals surface area contributed by atoms with Crippen molar-refractivity contribution in [3.63, 3.8) is 0 Å². The molecule has 0 aliphatic carbocycles. The van der Waals surface area contributed by atoms with Crippen molar-refractivity contribution < 1.29 is 5.11 Å². The van der Waals surface area contributed by atoms with E-state index in [1.54, 1.807) is 17.4 Å². The first-order valence-electron chi connectivity index (χ1n) is 5.00. The summed E-state index contributed by atoms with van der Waals surface area (Å²) in [6.07, 6.45) is -0.0679. The molecule has 1 unspecified atom stereocenters. The lowest BCUT2D eigenvalue weighted by atomic mass is 10.1. The Kier molecular flexibility index (Phi) is 3.59. The molecule has 0 amide bonds. The SMILES string of the molecule is Cc1csc(CC(O)c2ccccc2Cl)n1. The van der Waals surface area contributed by atoms with E-state index in [4.69, 9.17) is 11.6 Å². The van der Waals surface area contributed by atoms with E-state index in [2.05, 4.69) is 4.98 Å². The van der Waals surface area contributed by atoms with Crippen molar-refractivity contribution in [1.29, 1.82) is 0 Å². The van der Waals surface area contributed by atoms with E-state index in [0.29, 0.717) is 11.4 Å². The third-order valence-electron chi connectivity index (χ3n) is 2.30. The molecule has 1 aromatic carbocycles. The number of aryl methyl sites for hydroxylation is 1. The molecule has 1 heterocycles. The van der Waals surface area contributed by atoms with Crippen molar-refractivity contribution >= 4 is 22.9 Å². The van der Waals surface area contributed by atoms with E-state index in [1.807, 2.05) is 30.5 Å². The molecule has 0 aliphatic rings. The second-order valence-corrected chi connectivity index (χ2v) is 4.97. The van der Waals surface area contributed by atoms with E-state index >= 15 is 0 Å². The van der Waals surface area contributed by atoms with Crippen LogP contribution in [0, 0.1) is 6.92 Å². The molecule has 1 atom stereocenters. The van der Waals surface area contributed by atoms with Crippen LogP contribution in [-0.2, 0) is 6.42 Å². The molecule has 0 spiro atoms. The quantitative estimate of drug-likeness (QED) is 0.910. The number of aromatic nitrogens is 1. The highest BCUT2D eigenvalue weighted by molar-refractivity contribution is 7.09. The van der Waals surface area contributed by atoms with Gasteiger partial charge in [0.15, 0.2) is 0 Å². The number of rotatable bonds is 3. The van der Waals surface area contributed by atoms with Gasteiger partial charge in [0.2, 0.25) is 0 Å². The Labute approximate surface area is 104 Å². The monoisotopic (exact) mass is 253 g/mol. The molecule has 16 heavy (non-hydrogen) atoms. The summed E-state index contributed by atoms with van der Waals surface area (Å²) >= 11 is 7.58. The van der Waals surface area contributed by atoms with Crippen molar-refractivity contribution in [1.82, 2.24) is 4.98 Å². The number of aliphatic hydroxyl groups excluding tert-OH is 1. The maximum Gasteiger partial charge on any atom is 0.0957 e. The van der Waals surface area contributed by atoms with E-state index in [0.717, 1.165) is 16.3 Å². The summed E-state index contributed by atoms with van der Waals surface area (Å²) in [5, 5.41) is 13.6. The van der Waals surface area contributed by atoms with Crippen LogP contribution in [0.1, 0.15) is 22.4 Å². The number of aliphatic hydroxyl groups is 1. The van der Waals surface area contributed by atoms with Gasteiger partial charge in [-0.05, 0) is 18.6 Å². The molecule has 2 nitrogen and oxygen atoms in total. The van der Waals surface area contributed by atoms with Crippen LogP contribution in [0.2, 0.25) is 5.02 Å². The van der Waals surface area contributed by atoms with Gasteiger partial charge in [-0.2, -0.15) is 0 Å². The van der Waals surface area contributed by atoms with E-state index in [9.17, 15) is 5.11 Å².